The minimum Gasteiger partial charge on any atom is -0.426 e. The topological polar surface area (TPSA) is 26.3 Å². The second-order valence-corrected chi connectivity index (χ2v) is 4.98. The number of rotatable bonds is 2. The summed E-state index contributed by atoms with van der Waals surface area (Å²) in [7, 11) is 0. The van der Waals surface area contributed by atoms with Gasteiger partial charge in [0, 0.05) is 5.33 Å². The fourth-order valence-corrected chi connectivity index (χ4v) is 1.28. The first kappa shape index (κ1) is 12.2. The minimum atomic E-state index is -0.464. The van der Waals surface area contributed by atoms with Crippen LogP contribution in [0.5, 0.6) is 5.75 Å². The van der Waals surface area contributed by atoms with E-state index < -0.39 is 5.41 Å². The number of benzene rings is 1. The number of ether oxygens (including phenoxy) is 1. The first-order valence-corrected chi connectivity index (χ1v) is 5.93. The first-order valence-electron chi connectivity index (χ1n) is 4.80. The van der Waals surface area contributed by atoms with Crippen LogP contribution in [0.3, 0.4) is 0 Å². The number of alkyl halides is 1. The second kappa shape index (κ2) is 4.79. The van der Waals surface area contributed by atoms with Gasteiger partial charge in [-0.15, -0.1) is 0 Å². The predicted octanol–water partition coefficient (Wildman–Crippen LogP) is 3.53. The summed E-state index contributed by atoms with van der Waals surface area (Å²) < 4.78 is 5.22. The highest BCUT2D eigenvalue weighted by molar-refractivity contribution is 9.08. The molecule has 0 aliphatic carbocycles. The van der Waals surface area contributed by atoms with Crippen LogP contribution in [0.25, 0.3) is 0 Å². The zero-order valence-corrected chi connectivity index (χ0v) is 10.8. The maximum atomic E-state index is 11.6. The Kier molecular flexibility index (Phi) is 3.91. The summed E-state index contributed by atoms with van der Waals surface area (Å²) in [5.74, 6) is 0.383. The first-order chi connectivity index (χ1) is 6.93. The smallest absolute Gasteiger partial charge is 0.316 e. The van der Waals surface area contributed by atoms with Crippen molar-refractivity contribution in [2.24, 2.45) is 5.41 Å². The van der Waals surface area contributed by atoms with E-state index >= 15 is 0 Å². The van der Waals surface area contributed by atoms with Gasteiger partial charge in [-0.25, -0.2) is 0 Å². The molecule has 0 saturated carbocycles. The molecule has 15 heavy (non-hydrogen) atoms. The average Bonchev–Trinajstić information content (AvgIpc) is 2.17. The molecule has 1 rings (SSSR count). The molecule has 0 radical (unpaired) electrons. The Labute approximate surface area is 98.8 Å². The summed E-state index contributed by atoms with van der Waals surface area (Å²) in [6, 6.07) is 7.47. The van der Waals surface area contributed by atoms with Crippen molar-refractivity contribution >= 4 is 21.9 Å². The van der Waals surface area contributed by atoms with Crippen LogP contribution in [-0.2, 0) is 10.1 Å². The lowest BCUT2D eigenvalue weighted by molar-refractivity contribution is -0.142. The number of hydrogen-bond donors (Lipinski definition) is 0. The standard InChI is InChI=1S/C12H15BrO2/c1-12(2,3)11(14)15-10-6-4-9(8-13)5-7-10/h4-7H,8H2,1-3H3. The van der Waals surface area contributed by atoms with Crippen LogP contribution in [-0.4, -0.2) is 5.97 Å². The van der Waals surface area contributed by atoms with E-state index in [0.717, 1.165) is 10.9 Å². The zero-order chi connectivity index (χ0) is 11.5. The van der Waals surface area contributed by atoms with Gasteiger partial charge in [0.25, 0.3) is 0 Å². The van der Waals surface area contributed by atoms with E-state index in [1.165, 1.54) is 0 Å². The Morgan fingerprint density at radius 1 is 1.27 bits per heavy atom. The van der Waals surface area contributed by atoms with Crippen LogP contribution in [0.4, 0.5) is 0 Å². The van der Waals surface area contributed by atoms with E-state index in [9.17, 15) is 4.79 Å². The Bertz CT molecular complexity index is 336. The second-order valence-electron chi connectivity index (χ2n) is 4.42. The molecule has 82 valence electrons. The van der Waals surface area contributed by atoms with E-state index in [4.69, 9.17) is 4.74 Å². The van der Waals surface area contributed by atoms with Gasteiger partial charge < -0.3 is 4.74 Å². The molecule has 0 N–H and O–H groups in total. The van der Waals surface area contributed by atoms with E-state index in [2.05, 4.69) is 15.9 Å². The van der Waals surface area contributed by atoms with Crippen LogP contribution in [0, 0.1) is 5.41 Å². The fourth-order valence-electron chi connectivity index (χ4n) is 0.907. The van der Waals surface area contributed by atoms with Gasteiger partial charge >= 0.3 is 5.97 Å². The lowest BCUT2D eigenvalue weighted by Gasteiger charge is -2.16. The van der Waals surface area contributed by atoms with Crippen molar-refractivity contribution in [3.63, 3.8) is 0 Å². The molecule has 0 aliphatic rings. The predicted molar refractivity (Wildman–Crippen MR) is 64.2 cm³/mol. The van der Waals surface area contributed by atoms with Crippen LogP contribution < -0.4 is 4.74 Å². The molecule has 3 heteroatoms. The number of esters is 1. The molecule has 0 bridgehead atoms. The van der Waals surface area contributed by atoms with Crippen molar-refractivity contribution in [1.29, 1.82) is 0 Å². The number of carbonyl (C=O) groups is 1. The molecule has 2 nitrogen and oxygen atoms in total. The zero-order valence-electron chi connectivity index (χ0n) is 9.21. The minimum absolute atomic E-state index is 0.214. The van der Waals surface area contributed by atoms with E-state index in [1.54, 1.807) is 12.1 Å². The highest BCUT2D eigenvalue weighted by Crippen LogP contribution is 2.20. The normalized spacial score (nSPS) is 11.2. The summed E-state index contributed by atoms with van der Waals surface area (Å²) in [6.07, 6.45) is 0. The lowest BCUT2D eigenvalue weighted by Crippen LogP contribution is -2.25. The molecule has 0 amide bonds. The Hall–Kier alpha value is -0.830. The van der Waals surface area contributed by atoms with Gasteiger partial charge in [-0.3, -0.25) is 4.79 Å². The molecular formula is C12H15BrO2. The number of carbonyl (C=O) groups excluding carboxylic acids is 1. The monoisotopic (exact) mass is 270 g/mol. The fraction of sp³-hybridized carbons (Fsp3) is 0.417. The number of halogens is 1. The van der Waals surface area contributed by atoms with Crippen LogP contribution in [0.1, 0.15) is 26.3 Å². The molecule has 0 saturated heterocycles. The van der Waals surface area contributed by atoms with Crippen molar-refractivity contribution in [2.45, 2.75) is 26.1 Å². The van der Waals surface area contributed by atoms with Gasteiger partial charge in [-0.05, 0) is 38.5 Å². The molecular weight excluding hydrogens is 256 g/mol. The van der Waals surface area contributed by atoms with Gasteiger partial charge in [-0.2, -0.15) is 0 Å². The third-order valence-electron chi connectivity index (χ3n) is 1.90. The third-order valence-corrected chi connectivity index (χ3v) is 2.55. The molecule has 0 spiro atoms. The van der Waals surface area contributed by atoms with E-state index in [0.29, 0.717) is 5.75 Å². The Balaban J connectivity index is 2.70. The number of hydrogen-bond acceptors (Lipinski definition) is 2. The molecule has 0 atom stereocenters. The van der Waals surface area contributed by atoms with Crippen molar-refractivity contribution in [3.05, 3.63) is 29.8 Å². The van der Waals surface area contributed by atoms with Gasteiger partial charge in [0.15, 0.2) is 0 Å². The van der Waals surface area contributed by atoms with Crippen molar-refractivity contribution in [1.82, 2.24) is 0 Å². The largest absolute Gasteiger partial charge is 0.426 e. The van der Waals surface area contributed by atoms with Crippen molar-refractivity contribution in [2.75, 3.05) is 0 Å². The highest BCUT2D eigenvalue weighted by Gasteiger charge is 2.23. The molecule has 0 fully saturated rings. The van der Waals surface area contributed by atoms with Gasteiger partial charge in [0.05, 0.1) is 5.41 Å². The summed E-state index contributed by atoms with van der Waals surface area (Å²) >= 11 is 3.36. The molecule has 0 aromatic heterocycles. The van der Waals surface area contributed by atoms with Gasteiger partial charge in [0.1, 0.15) is 5.75 Å². The molecule has 0 aliphatic heterocycles. The molecule has 1 aromatic carbocycles. The summed E-state index contributed by atoms with van der Waals surface area (Å²) in [4.78, 5) is 11.6. The van der Waals surface area contributed by atoms with Crippen LogP contribution in [0.15, 0.2) is 24.3 Å². The highest BCUT2D eigenvalue weighted by atomic mass is 79.9. The summed E-state index contributed by atoms with van der Waals surface area (Å²) in [5, 5.41) is 0.806. The van der Waals surface area contributed by atoms with Crippen LogP contribution in [0.2, 0.25) is 0 Å². The molecule has 1 aromatic rings. The van der Waals surface area contributed by atoms with E-state index in [1.807, 2.05) is 32.9 Å². The Morgan fingerprint density at radius 2 is 1.80 bits per heavy atom. The Morgan fingerprint density at radius 3 is 2.20 bits per heavy atom. The van der Waals surface area contributed by atoms with E-state index in [-0.39, 0.29) is 5.97 Å². The maximum Gasteiger partial charge on any atom is 0.316 e. The van der Waals surface area contributed by atoms with Crippen molar-refractivity contribution in [3.8, 4) is 5.75 Å². The lowest BCUT2D eigenvalue weighted by atomic mass is 9.97. The van der Waals surface area contributed by atoms with Crippen molar-refractivity contribution < 1.29 is 9.53 Å². The third kappa shape index (κ3) is 3.67. The summed E-state index contributed by atoms with van der Waals surface area (Å²) in [6.45, 7) is 5.51. The quantitative estimate of drug-likeness (QED) is 0.467. The SMILES string of the molecule is CC(C)(C)C(=O)Oc1ccc(CBr)cc1. The molecule has 0 unspecified atom stereocenters. The molecule has 0 heterocycles. The maximum absolute atomic E-state index is 11.6. The van der Waals surface area contributed by atoms with Crippen LogP contribution >= 0.6 is 15.9 Å². The summed E-state index contributed by atoms with van der Waals surface area (Å²) in [5.41, 5.74) is 0.694. The van der Waals surface area contributed by atoms with Gasteiger partial charge in [0.2, 0.25) is 0 Å². The average molecular weight is 271 g/mol. The van der Waals surface area contributed by atoms with Gasteiger partial charge in [-0.1, -0.05) is 28.1 Å².